The quantitative estimate of drug-likeness (QED) is 0.503. The fourth-order valence-electron chi connectivity index (χ4n) is 0.916. The van der Waals surface area contributed by atoms with Crippen molar-refractivity contribution in [1.82, 2.24) is 0 Å². The molecule has 0 fully saturated rings. The number of methoxy groups -OCH3 is 1. The van der Waals surface area contributed by atoms with E-state index >= 15 is 0 Å². The molecule has 1 atom stereocenters. The van der Waals surface area contributed by atoms with E-state index in [2.05, 4.69) is 0 Å². The molecule has 0 bridgehead atoms. The zero-order chi connectivity index (χ0) is 11.9. The molecule has 1 unspecified atom stereocenters. The Morgan fingerprint density at radius 1 is 1.27 bits per heavy atom. The first-order chi connectivity index (χ1) is 6.87. The maximum absolute atomic E-state index is 11.4. The lowest BCUT2D eigenvalue weighted by Crippen LogP contribution is -2.32. The highest BCUT2D eigenvalue weighted by Gasteiger charge is 2.21. The van der Waals surface area contributed by atoms with Crippen LogP contribution in [-0.2, 0) is 19.0 Å². The van der Waals surface area contributed by atoms with Crippen molar-refractivity contribution in [3.63, 3.8) is 0 Å². The predicted octanol–water partition coefficient (Wildman–Crippen LogP) is 1.77. The largest absolute Gasteiger partial charge is 0.458 e. The summed E-state index contributed by atoms with van der Waals surface area (Å²) in [5.74, 6) is -0.320. The normalized spacial score (nSPS) is 13.7. The number of esters is 1. The van der Waals surface area contributed by atoms with E-state index in [4.69, 9.17) is 14.2 Å². The third-order valence-corrected chi connectivity index (χ3v) is 1.60. The number of carbonyl (C=O) groups is 1. The summed E-state index contributed by atoms with van der Waals surface area (Å²) in [4.78, 5) is 11.4. The summed E-state index contributed by atoms with van der Waals surface area (Å²) in [5.41, 5.74) is -0.457. The molecule has 0 aromatic carbocycles. The summed E-state index contributed by atoms with van der Waals surface area (Å²) in [7, 11) is 1.64. The molecule has 0 saturated heterocycles. The summed E-state index contributed by atoms with van der Waals surface area (Å²) in [5, 5.41) is 0. The zero-order valence-electron chi connectivity index (χ0n) is 10.3. The van der Waals surface area contributed by atoms with Gasteiger partial charge in [-0.2, -0.15) is 0 Å². The zero-order valence-corrected chi connectivity index (χ0v) is 10.3. The minimum absolute atomic E-state index is 0.320. The highest BCUT2D eigenvalue weighted by Crippen LogP contribution is 2.09. The Labute approximate surface area is 91.9 Å². The van der Waals surface area contributed by atoms with E-state index in [0.29, 0.717) is 13.2 Å². The average Bonchev–Trinajstić information content (AvgIpc) is 2.09. The molecule has 0 radical (unpaired) electrons. The van der Waals surface area contributed by atoms with Crippen LogP contribution in [0.3, 0.4) is 0 Å². The Hall–Kier alpha value is -0.610. The fourth-order valence-corrected chi connectivity index (χ4v) is 0.916. The van der Waals surface area contributed by atoms with Crippen molar-refractivity contribution in [2.45, 2.75) is 45.8 Å². The lowest BCUT2D eigenvalue weighted by Gasteiger charge is -2.22. The van der Waals surface area contributed by atoms with Gasteiger partial charge in [0, 0.05) is 20.3 Å². The standard InChI is InChI=1S/C11H22O4/c1-9(14-8-6-7-13-5)10(12)15-11(2,3)4/h9H,6-8H2,1-5H3. The van der Waals surface area contributed by atoms with Crippen LogP contribution in [0.2, 0.25) is 0 Å². The van der Waals surface area contributed by atoms with Crippen LogP contribution in [0.25, 0.3) is 0 Å². The lowest BCUT2D eigenvalue weighted by atomic mass is 10.2. The molecule has 0 amide bonds. The van der Waals surface area contributed by atoms with Gasteiger partial charge in [0.05, 0.1) is 0 Å². The van der Waals surface area contributed by atoms with Gasteiger partial charge in [0.2, 0.25) is 0 Å². The van der Waals surface area contributed by atoms with Gasteiger partial charge in [0.15, 0.2) is 6.10 Å². The minimum Gasteiger partial charge on any atom is -0.458 e. The first kappa shape index (κ1) is 14.4. The molecule has 0 heterocycles. The number of hydrogen-bond acceptors (Lipinski definition) is 4. The maximum Gasteiger partial charge on any atom is 0.335 e. The number of ether oxygens (including phenoxy) is 3. The van der Waals surface area contributed by atoms with Crippen molar-refractivity contribution in [3.8, 4) is 0 Å². The summed E-state index contributed by atoms with van der Waals surface area (Å²) in [6.07, 6.45) is 0.268. The molecular formula is C11H22O4. The molecule has 90 valence electrons. The average molecular weight is 218 g/mol. The molecular weight excluding hydrogens is 196 g/mol. The molecule has 0 aromatic heterocycles. The topological polar surface area (TPSA) is 44.8 Å². The molecule has 0 aliphatic rings. The van der Waals surface area contributed by atoms with E-state index in [1.54, 1.807) is 14.0 Å². The van der Waals surface area contributed by atoms with Crippen LogP contribution >= 0.6 is 0 Å². The van der Waals surface area contributed by atoms with Gasteiger partial charge in [0.25, 0.3) is 0 Å². The molecule has 0 N–H and O–H groups in total. The second kappa shape index (κ2) is 6.80. The van der Waals surface area contributed by atoms with Crippen LogP contribution < -0.4 is 0 Å². The highest BCUT2D eigenvalue weighted by molar-refractivity contribution is 5.74. The molecule has 4 nitrogen and oxygen atoms in total. The molecule has 15 heavy (non-hydrogen) atoms. The summed E-state index contributed by atoms with van der Waals surface area (Å²) < 4.78 is 15.3. The second-order valence-corrected chi connectivity index (χ2v) is 4.39. The van der Waals surface area contributed by atoms with Crippen LogP contribution in [0.15, 0.2) is 0 Å². The minimum atomic E-state index is -0.513. The molecule has 0 rings (SSSR count). The van der Waals surface area contributed by atoms with Crippen molar-refractivity contribution < 1.29 is 19.0 Å². The summed E-state index contributed by atoms with van der Waals surface area (Å²) in [6.45, 7) is 8.35. The molecule has 0 aliphatic carbocycles. The highest BCUT2D eigenvalue weighted by atomic mass is 16.6. The van der Waals surface area contributed by atoms with Crippen molar-refractivity contribution in [1.29, 1.82) is 0 Å². The van der Waals surface area contributed by atoms with Crippen molar-refractivity contribution in [2.75, 3.05) is 20.3 Å². The Kier molecular flexibility index (Phi) is 6.52. The fraction of sp³-hybridized carbons (Fsp3) is 0.909. The van der Waals surface area contributed by atoms with E-state index in [1.807, 2.05) is 20.8 Å². The Morgan fingerprint density at radius 3 is 2.33 bits per heavy atom. The van der Waals surface area contributed by atoms with Gasteiger partial charge >= 0.3 is 5.97 Å². The number of hydrogen-bond donors (Lipinski definition) is 0. The van der Waals surface area contributed by atoms with Crippen molar-refractivity contribution in [3.05, 3.63) is 0 Å². The molecule has 0 spiro atoms. The van der Waals surface area contributed by atoms with Crippen LogP contribution in [0.5, 0.6) is 0 Å². The Morgan fingerprint density at radius 2 is 1.87 bits per heavy atom. The van der Waals surface area contributed by atoms with E-state index < -0.39 is 11.7 Å². The van der Waals surface area contributed by atoms with Gasteiger partial charge < -0.3 is 14.2 Å². The molecule has 0 aromatic rings. The maximum atomic E-state index is 11.4. The summed E-state index contributed by atoms with van der Waals surface area (Å²) >= 11 is 0. The molecule has 0 aliphatic heterocycles. The van der Waals surface area contributed by atoms with Crippen molar-refractivity contribution >= 4 is 5.97 Å². The Balaban J connectivity index is 3.70. The van der Waals surface area contributed by atoms with E-state index in [1.165, 1.54) is 0 Å². The van der Waals surface area contributed by atoms with Gasteiger partial charge in [0.1, 0.15) is 5.60 Å². The summed E-state index contributed by atoms with van der Waals surface area (Å²) in [6, 6.07) is 0. The monoisotopic (exact) mass is 218 g/mol. The van der Waals surface area contributed by atoms with Gasteiger partial charge in [-0.15, -0.1) is 0 Å². The van der Waals surface area contributed by atoms with Gasteiger partial charge in [-0.1, -0.05) is 0 Å². The van der Waals surface area contributed by atoms with E-state index in [0.717, 1.165) is 6.42 Å². The van der Waals surface area contributed by atoms with Crippen LogP contribution in [0.4, 0.5) is 0 Å². The third-order valence-electron chi connectivity index (χ3n) is 1.60. The Bertz CT molecular complexity index is 184. The predicted molar refractivity (Wildman–Crippen MR) is 57.8 cm³/mol. The lowest BCUT2D eigenvalue weighted by molar-refractivity contribution is -0.167. The number of carbonyl (C=O) groups excluding carboxylic acids is 1. The van der Waals surface area contributed by atoms with Gasteiger partial charge in [-0.3, -0.25) is 0 Å². The van der Waals surface area contributed by atoms with Crippen LogP contribution in [-0.4, -0.2) is 38.0 Å². The van der Waals surface area contributed by atoms with Gasteiger partial charge in [-0.05, 0) is 34.1 Å². The SMILES string of the molecule is COCCCOC(C)C(=O)OC(C)(C)C. The van der Waals surface area contributed by atoms with E-state index in [9.17, 15) is 4.79 Å². The van der Waals surface area contributed by atoms with Crippen LogP contribution in [0, 0.1) is 0 Å². The van der Waals surface area contributed by atoms with Crippen LogP contribution in [0.1, 0.15) is 34.1 Å². The first-order valence-electron chi connectivity index (χ1n) is 5.20. The molecule has 0 saturated carbocycles. The van der Waals surface area contributed by atoms with Gasteiger partial charge in [-0.25, -0.2) is 4.79 Å². The second-order valence-electron chi connectivity index (χ2n) is 4.39. The third kappa shape index (κ3) is 8.39. The molecule has 4 heteroatoms. The van der Waals surface area contributed by atoms with Crippen molar-refractivity contribution in [2.24, 2.45) is 0 Å². The smallest absolute Gasteiger partial charge is 0.335 e. The first-order valence-corrected chi connectivity index (χ1v) is 5.20. The van der Waals surface area contributed by atoms with E-state index in [-0.39, 0.29) is 5.97 Å². The number of rotatable bonds is 6.